The van der Waals surface area contributed by atoms with Crippen LogP contribution >= 0.6 is 15.9 Å². The van der Waals surface area contributed by atoms with E-state index in [1.54, 1.807) is 6.07 Å². The van der Waals surface area contributed by atoms with Gasteiger partial charge in [-0.3, -0.25) is 0 Å². The van der Waals surface area contributed by atoms with Crippen molar-refractivity contribution in [3.63, 3.8) is 0 Å². The summed E-state index contributed by atoms with van der Waals surface area (Å²) < 4.78 is 13.6. The molecule has 78 valence electrons. The zero-order valence-electron chi connectivity index (χ0n) is 8.70. The zero-order valence-corrected chi connectivity index (χ0v) is 10.3. The molecule has 1 aromatic rings. The van der Waals surface area contributed by atoms with Crippen LogP contribution in [-0.2, 0) is 0 Å². The smallest absolute Gasteiger partial charge is 0.137 e. The molecule has 0 radical (unpaired) electrons. The minimum absolute atomic E-state index is 0.211. The van der Waals surface area contributed by atoms with Gasteiger partial charge in [0.2, 0.25) is 0 Å². The van der Waals surface area contributed by atoms with Gasteiger partial charge in [-0.05, 0) is 46.5 Å². The number of benzene rings is 1. The lowest BCUT2D eigenvalue weighted by molar-refractivity contribution is 0.620. The molecule has 0 aromatic heterocycles. The number of nitrogens with one attached hydrogen (secondary N) is 1. The maximum Gasteiger partial charge on any atom is 0.137 e. The molecule has 0 aliphatic carbocycles. The lowest BCUT2D eigenvalue weighted by Crippen LogP contribution is -2.09. The quantitative estimate of drug-likeness (QED) is 0.867. The van der Waals surface area contributed by atoms with Gasteiger partial charge in [-0.2, -0.15) is 0 Å². The standard InChI is InChI=1S/C11H15BrFN/c1-7(2)6-14-11-5-9(12)10(13)4-8(11)3/h4-5,7,14H,6H2,1-3H3. The number of hydrogen-bond acceptors (Lipinski definition) is 1. The molecule has 0 amide bonds. The third-order valence-corrected chi connectivity index (χ3v) is 2.58. The molecular formula is C11H15BrFN. The van der Waals surface area contributed by atoms with Crippen LogP contribution in [0.3, 0.4) is 0 Å². The highest BCUT2D eigenvalue weighted by molar-refractivity contribution is 9.10. The zero-order chi connectivity index (χ0) is 10.7. The second kappa shape index (κ2) is 4.78. The van der Waals surface area contributed by atoms with Crippen molar-refractivity contribution in [1.82, 2.24) is 0 Å². The third kappa shape index (κ3) is 2.98. The third-order valence-electron chi connectivity index (χ3n) is 1.97. The molecule has 0 saturated carbocycles. The Morgan fingerprint density at radius 1 is 1.43 bits per heavy atom. The van der Waals surface area contributed by atoms with Gasteiger partial charge < -0.3 is 5.32 Å². The Balaban J connectivity index is 2.82. The van der Waals surface area contributed by atoms with Gasteiger partial charge in [0.1, 0.15) is 5.82 Å². The summed E-state index contributed by atoms with van der Waals surface area (Å²) in [6.07, 6.45) is 0. The Labute approximate surface area is 92.8 Å². The van der Waals surface area contributed by atoms with E-state index in [4.69, 9.17) is 0 Å². The molecule has 14 heavy (non-hydrogen) atoms. The molecule has 0 unspecified atom stereocenters. The molecule has 0 bridgehead atoms. The molecule has 0 aliphatic rings. The predicted octanol–water partition coefficient (Wildman–Crippen LogP) is 3.96. The van der Waals surface area contributed by atoms with Gasteiger partial charge in [0, 0.05) is 12.2 Å². The first-order valence-corrected chi connectivity index (χ1v) is 5.49. The van der Waals surface area contributed by atoms with Crippen LogP contribution in [0.2, 0.25) is 0 Å². The first-order chi connectivity index (χ1) is 6.50. The molecule has 0 saturated heterocycles. The second-order valence-electron chi connectivity index (χ2n) is 3.86. The Morgan fingerprint density at radius 3 is 2.64 bits per heavy atom. The van der Waals surface area contributed by atoms with Crippen LogP contribution in [-0.4, -0.2) is 6.54 Å². The van der Waals surface area contributed by atoms with Gasteiger partial charge >= 0.3 is 0 Å². The topological polar surface area (TPSA) is 12.0 Å². The van der Waals surface area contributed by atoms with Gasteiger partial charge in [0.15, 0.2) is 0 Å². The number of rotatable bonds is 3. The molecule has 3 heteroatoms. The van der Waals surface area contributed by atoms with Gasteiger partial charge in [-0.25, -0.2) is 4.39 Å². The molecule has 1 aromatic carbocycles. The summed E-state index contributed by atoms with van der Waals surface area (Å²) in [4.78, 5) is 0. The fraction of sp³-hybridized carbons (Fsp3) is 0.455. The van der Waals surface area contributed by atoms with E-state index in [9.17, 15) is 4.39 Å². The van der Waals surface area contributed by atoms with Crippen LogP contribution in [0.4, 0.5) is 10.1 Å². The second-order valence-corrected chi connectivity index (χ2v) is 4.71. The molecule has 1 rings (SSSR count). The van der Waals surface area contributed by atoms with Crippen molar-refractivity contribution in [2.45, 2.75) is 20.8 Å². The van der Waals surface area contributed by atoms with Crippen molar-refractivity contribution in [3.8, 4) is 0 Å². The molecule has 1 N–H and O–H groups in total. The van der Waals surface area contributed by atoms with E-state index in [1.165, 1.54) is 6.07 Å². The first-order valence-electron chi connectivity index (χ1n) is 4.70. The van der Waals surface area contributed by atoms with Crippen molar-refractivity contribution in [2.24, 2.45) is 5.92 Å². The summed E-state index contributed by atoms with van der Waals surface area (Å²) in [6.45, 7) is 7.08. The van der Waals surface area contributed by atoms with Crippen LogP contribution in [0.25, 0.3) is 0 Å². The van der Waals surface area contributed by atoms with Crippen molar-refractivity contribution in [1.29, 1.82) is 0 Å². The lowest BCUT2D eigenvalue weighted by Gasteiger charge is -2.12. The Hall–Kier alpha value is -0.570. The predicted molar refractivity (Wildman–Crippen MR) is 62.2 cm³/mol. The van der Waals surface area contributed by atoms with Crippen LogP contribution in [0, 0.1) is 18.7 Å². The normalized spacial score (nSPS) is 10.7. The van der Waals surface area contributed by atoms with Crippen LogP contribution in [0.15, 0.2) is 16.6 Å². The van der Waals surface area contributed by atoms with E-state index in [0.717, 1.165) is 17.8 Å². The molecule has 0 heterocycles. The summed E-state index contributed by atoms with van der Waals surface area (Å²) in [6, 6.07) is 3.32. The van der Waals surface area contributed by atoms with Crippen molar-refractivity contribution in [2.75, 3.05) is 11.9 Å². The molecule has 1 nitrogen and oxygen atoms in total. The summed E-state index contributed by atoms with van der Waals surface area (Å²) in [7, 11) is 0. The highest BCUT2D eigenvalue weighted by Crippen LogP contribution is 2.24. The Bertz CT molecular complexity index is 323. The highest BCUT2D eigenvalue weighted by atomic mass is 79.9. The first kappa shape index (κ1) is 11.5. The van der Waals surface area contributed by atoms with Crippen LogP contribution in [0.1, 0.15) is 19.4 Å². The fourth-order valence-corrected chi connectivity index (χ4v) is 1.49. The maximum absolute atomic E-state index is 13.1. The number of hydrogen-bond donors (Lipinski definition) is 1. The Kier molecular flexibility index (Phi) is 3.93. The molecular weight excluding hydrogens is 245 g/mol. The average Bonchev–Trinajstić information content (AvgIpc) is 2.09. The minimum Gasteiger partial charge on any atom is -0.385 e. The summed E-state index contributed by atoms with van der Waals surface area (Å²) in [5.74, 6) is 0.371. The van der Waals surface area contributed by atoms with E-state index in [0.29, 0.717) is 10.4 Å². The monoisotopic (exact) mass is 259 g/mol. The average molecular weight is 260 g/mol. The van der Waals surface area contributed by atoms with E-state index in [2.05, 4.69) is 35.1 Å². The molecule has 0 aliphatic heterocycles. The highest BCUT2D eigenvalue weighted by Gasteiger charge is 2.04. The van der Waals surface area contributed by atoms with Crippen molar-refractivity contribution in [3.05, 3.63) is 28.0 Å². The van der Waals surface area contributed by atoms with Crippen molar-refractivity contribution >= 4 is 21.6 Å². The van der Waals surface area contributed by atoms with Gasteiger partial charge in [0.05, 0.1) is 4.47 Å². The van der Waals surface area contributed by atoms with E-state index in [1.807, 2.05) is 6.92 Å². The number of aryl methyl sites for hydroxylation is 1. The van der Waals surface area contributed by atoms with E-state index >= 15 is 0 Å². The largest absolute Gasteiger partial charge is 0.385 e. The molecule has 0 spiro atoms. The minimum atomic E-state index is -0.211. The van der Waals surface area contributed by atoms with Crippen LogP contribution in [0.5, 0.6) is 0 Å². The summed E-state index contributed by atoms with van der Waals surface area (Å²) in [5.41, 5.74) is 1.93. The number of anilines is 1. The van der Waals surface area contributed by atoms with Crippen molar-refractivity contribution < 1.29 is 4.39 Å². The van der Waals surface area contributed by atoms with Gasteiger partial charge in [-0.1, -0.05) is 13.8 Å². The maximum atomic E-state index is 13.1. The van der Waals surface area contributed by atoms with Gasteiger partial charge in [-0.15, -0.1) is 0 Å². The number of halogens is 2. The van der Waals surface area contributed by atoms with Gasteiger partial charge in [0.25, 0.3) is 0 Å². The summed E-state index contributed by atoms with van der Waals surface area (Å²) in [5, 5.41) is 3.28. The van der Waals surface area contributed by atoms with E-state index < -0.39 is 0 Å². The Morgan fingerprint density at radius 2 is 2.07 bits per heavy atom. The molecule has 0 fully saturated rings. The lowest BCUT2D eigenvalue weighted by atomic mass is 10.1. The fourth-order valence-electron chi connectivity index (χ4n) is 1.15. The molecule has 0 atom stereocenters. The van der Waals surface area contributed by atoms with Crippen LogP contribution < -0.4 is 5.32 Å². The van der Waals surface area contributed by atoms with E-state index in [-0.39, 0.29) is 5.82 Å². The SMILES string of the molecule is Cc1cc(F)c(Br)cc1NCC(C)C. The summed E-state index contributed by atoms with van der Waals surface area (Å²) >= 11 is 3.17.